The maximum Gasteiger partial charge on any atom is 0.416 e. The van der Waals surface area contributed by atoms with Gasteiger partial charge in [0.25, 0.3) is 0 Å². The van der Waals surface area contributed by atoms with Gasteiger partial charge in [0.05, 0.1) is 30.2 Å². The highest BCUT2D eigenvalue weighted by Gasteiger charge is 2.33. The van der Waals surface area contributed by atoms with Gasteiger partial charge in [-0.3, -0.25) is 4.79 Å². The van der Waals surface area contributed by atoms with Crippen LogP contribution in [0.15, 0.2) is 12.1 Å². The van der Waals surface area contributed by atoms with Crippen LogP contribution in [0.3, 0.4) is 0 Å². The average molecular weight is 323 g/mol. The van der Waals surface area contributed by atoms with Crippen LogP contribution in [-0.4, -0.2) is 19.2 Å². The molecule has 1 aromatic rings. The van der Waals surface area contributed by atoms with E-state index < -0.39 is 42.1 Å². The van der Waals surface area contributed by atoms with Gasteiger partial charge in [0, 0.05) is 5.56 Å². The minimum absolute atomic E-state index is 0.00755. The van der Waals surface area contributed by atoms with E-state index in [1.54, 1.807) is 0 Å². The Morgan fingerprint density at radius 2 is 2.00 bits per heavy atom. The molecule has 4 nitrogen and oxygen atoms in total. The van der Waals surface area contributed by atoms with Crippen LogP contribution in [0.25, 0.3) is 0 Å². The smallest absolute Gasteiger partial charge is 0.416 e. The molecule has 0 atom stereocenters. The number of benzene rings is 1. The van der Waals surface area contributed by atoms with Crippen LogP contribution in [0, 0.1) is 11.3 Å². The molecule has 0 heterocycles. The van der Waals surface area contributed by atoms with E-state index in [0.29, 0.717) is 12.1 Å². The van der Waals surface area contributed by atoms with Crippen molar-refractivity contribution < 1.29 is 36.2 Å². The summed E-state index contributed by atoms with van der Waals surface area (Å²) < 4.78 is 71.4. The van der Waals surface area contributed by atoms with Crippen LogP contribution in [-0.2, 0) is 22.1 Å². The molecule has 0 saturated heterocycles. The highest BCUT2D eigenvalue weighted by atomic mass is 19.4. The van der Waals surface area contributed by atoms with Crippen LogP contribution in [0.4, 0.5) is 22.0 Å². The number of nitriles is 1. The van der Waals surface area contributed by atoms with Gasteiger partial charge in [0.2, 0.25) is 0 Å². The maximum absolute atomic E-state index is 12.7. The van der Waals surface area contributed by atoms with Crippen LogP contribution in [0.2, 0.25) is 0 Å². The van der Waals surface area contributed by atoms with Crippen molar-refractivity contribution in [1.82, 2.24) is 0 Å². The fourth-order valence-electron chi connectivity index (χ4n) is 1.65. The van der Waals surface area contributed by atoms with Crippen molar-refractivity contribution >= 4 is 5.97 Å². The third kappa shape index (κ3) is 4.58. The van der Waals surface area contributed by atoms with Crippen molar-refractivity contribution in [2.75, 3.05) is 6.61 Å². The summed E-state index contributed by atoms with van der Waals surface area (Å²) >= 11 is 0. The summed E-state index contributed by atoms with van der Waals surface area (Å²) in [5.41, 5.74) is -2.29. The topological polar surface area (TPSA) is 59.3 Å². The summed E-state index contributed by atoms with van der Waals surface area (Å²) in [6.07, 6.45) is -5.51. The van der Waals surface area contributed by atoms with E-state index in [-0.39, 0.29) is 12.2 Å². The lowest BCUT2D eigenvalue weighted by Gasteiger charge is -2.15. The first kappa shape index (κ1) is 17.7. The molecular formula is C13H10F5NO3. The number of alkyl halides is 5. The lowest BCUT2D eigenvalue weighted by molar-refractivity contribution is -0.142. The molecule has 0 amide bonds. The molecule has 0 fully saturated rings. The minimum Gasteiger partial charge on any atom is -0.466 e. The fourth-order valence-corrected chi connectivity index (χ4v) is 1.65. The van der Waals surface area contributed by atoms with E-state index in [9.17, 15) is 26.7 Å². The first-order valence-corrected chi connectivity index (χ1v) is 5.93. The van der Waals surface area contributed by atoms with Crippen LogP contribution in [0.5, 0.6) is 5.75 Å². The Balaban J connectivity index is 3.38. The van der Waals surface area contributed by atoms with Gasteiger partial charge in [-0.1, -0.05) is 0 Å². The van der Waals surface area contributed by atoms with Crippen molar-refractivity contribution in [3.63, 3.8) is 0 Å². The lowest BCUT2D eigenvalue weighted by atomic mass is 10.0. The maximum atomic E-state index is 12.7. The van der Waals surface area contributed by atoms with Crippen molar-refractivity contribution in [3.05, 3.63) is 28.8 Å². The van der Waals surface area contributed by atoms with Gasteiger partial charge in [0.1, 0.15) is 5.75 Å². The molecule has 1 rings (SSSR count). The number of esters is 1. The third-order valence-electron chi connectivity index (χ3n) is 2.50. The number of ether oxygens (including phenoxy) is 2. The minimum atomic E-state index is -4.85. The first-order valence-electron chi connectivity index (χ1n) is 5.93. The Morgan fingerprint density at radius 3 is 2.45 bits per heavy atom. The third-order valence-corrected chi connectivity index (χ3v) is 2.50. The van der Waals surface area contributed by atoms with E-state index in [1.807, 2.05) is 0 Å². The Hall–Kier alpha value is -2.37. The van der Waals surface area contributed by atoms with Crippen LogP contribution < -0.4 is 4.74 Å². The van der Waals surface area contributed by atoms with Crippen molar-refractivity contribution in [2.45, 2.75) is 26.1 Å². The predicted octanol–water partition coefficient (Wildman–Crippen LogP) is 3.28. The van der Waals surface area contributed by atoms with Crippen molar-refractivity contribution in [3.8, 4) is 11.8 Å². The molecule has 0 saturated carbocycles. The zero-order valence-corrected chi connectivity index (χ0v) is 11.2. The van der Waals surface area contributed by atoms with Crippen LogP contribution >= 0.6 is 0 Å². The summed E-state index contributed by atoms with van der Waals surface area (Å²) in [7, 11) is 0. The molecule has 0 unspecified atom stereocenters. The average Bonchev–Trinajstić information content (AvgIpc) is 2.38. The highest BCUT2D eigenvalue weighted by Crippen LogP contribution is 2.36. The number of hydrogen-bond donors (Lipinski definition) is 0. The Bertz CT molecular complexity index is 593. The largest absolute Gasteiger partial charge is 0.466 e. The van der Waals surface area contributed by atoms with E-state index >= 15 is 0 Å². The standard InChI is InChI=1S/C13H10F5NO3/c1-2-21-11(20)5-9-7(6-19)3-8(13(16,17)18)4-10(9)22-12(14)15/h3-4,12H,2,5H2,1H3. The molecule has 9 heteroatoms. The number of halogens is 5. The van der Waals surface area contributed by atoms with E-state index in [1.165, 1.54) is 13.0 Å². The summed E-state index contributed by atoms with van der Waals surface area (Å²) in [5, 5.41) is 8.90. The van der Waals surface area contributed by atoms with Gasteiger partial charge in [-0.2, -0.15) is 27.2 Å². The molecule has 0 bridgehead atoms. The molecule has 0 spiro atoms. The second-order valence-corrected chi connectivity index (χ2v) is 3.97. The zero-order chi connectivity index (χ0) is 16.9. The summed E-state index contributed by atoms with van der Waals surface area (Å²) in [5.74, 6) is -1.76. The predicted molar refractivity (Wildman–Crippen MR) is 63.1 cm³/mol. The normalized spacial score (nSPS) is 11.2. The summed E-state index contributed by atoms with van der Waals surface area (Å²) in [6, 6.07) is 2.22. The fraction of sp³-hybridized carbons (Fsp3) is 0.385. The quantitative estimate of drug-likeness (QED) is 0.616. The highest BCUT2D eigenvalue weighted by molar-refractivity contribution is 5.75. The van der Waals surface area contributed by atoms with E-state index in [2.05, 4.69) is 9.47 Å². The Labute approximate surface area is 122 Å². The van der Waals surface area contributed by atoms with Gasteiger partial charge in [-0.05, 0) is 19.1 Å². The number of rotatable bonds is 5. The second kappa shape index (κ2) is 7.06. The first-order chi connectivity index (χ1) is 10.2. The molecular weight excluding hydrogens is 313 g/mol. The van der Waals surface area contributed by atoms with Gasteiger partial charge < -0.3 is 9.47 Å². The number of hydrogen-bond acceptors (Lipinski definition) is 4. The lowest BCUT2D eigenvalue weighted by Crippen LogP contribution is -2.14. The van der Waals surface area contributed by atoms with Gasteiger partial charge in [-0.25, -0.2) is 0 Å². The SMILES string of the molecule is CCOC(=O)Cc1c(C#N)cc(C(F)(F)F)cc1OC(F)F. The molecule has 22 heavy (non-hydrogen) atoms. The van der Waals surface area contributed by atoms with Crippen molar-refractivity contribution in [1.29, 1.82) is 5.26 Å². The number of carbonyl (C=O) groups is 1. The van der Waals surface area contributed by atoms with Crippen LogP contribution in [0.1, 0.15) is 23.6 Å². The summed E-state index contributed by atoms with van der Waals surface area (Å²) in [6.45, 7) is -1.92. The van der Waals surface area contributed by atoms with Gasteiger partial charge in [-0.15, -0.1) is 0 Å². The van der Waals surface area contributed by atoms with Gasteiger partial charge in [0.15, 0.2) is 0 Å². The molecule has 0 aliphatic heterocycles. The van der Waals surface area contributed by atoms with Crippen molar-refractivity contribution in [2.24, 2.45) is 0 Å². The van der Waals surface area contributed by atoms with E-state index in [4.69, 9.17) is 5.26 Å². The van der Waals surface area contributed by atoms with Gasteiger partial charge >= 0.3 is 18.8 Å². The van der Waals surface area contributed by atoms with E-state index in [0.717, 1.165) is 0 Å². The summed E-state index contributed by atoms with van der Waals surface area (Å²) in [4.78, 5) is 11.4. The number of carbonyl (C=O) groups excluding carboxylic acids is 1. The molecule has 0 radical (unpaired) electrons. The molecule has 0 aliphatic carbocycles. The Kier molecular flexibility index (Phi) is 5.68. The monoisotopic (exact) mass is 323 g/mol. The molecule has 0 aromatic heterocycles. The second-order valence-electron chi connectivity index (χ2n) is 3.97. The zero-order valence-electron chi connectivity index (χ0n) is 11.2. The Morgan fingerprint density at radius 1 is 1.36 bits per heavy atom. The molecule has 0 N–H and O–H groups in total. The molecule has 120 valence electrons. The molecule has 0 aliphatic rings. The molecule has 1 aromatic carbocycles. The number of nitrogens with zero attached hydrogens (tertiary/aromatic N) is 1.